The van der Waals surface area contributed by atoms with Crippen molar-refractivity contribution >= 4 is 33.7 Å². The maximum atomic E-state index is 13.5. The van der Waals surface area contributed by atoms with E-state index in [1.54, 1.807) is 34.2 Å². The number of aryl methyl sites for hydroxylation is 1. The topological polar surface area (TPSA) is 75.9 Å². The van der Waals surface area contributed by atoms with Gasteiger partial charge in [-0.05, 0) is 43.7 Å². The van der Waals surface area contributed by atoms with E-state index in [0.29, 0.717) is 16.3 Å². The van der Waals surface area contributed by atoms with Gasteiger partial charge in [-0.3, -0.25) is 9.59 Å². The molecular weight excluding hydrogens is 515 g/mol. The molecule has 1 heterocycles. The molecule has 2 aromatic carbocycles. The Kier molecular flexibility index (Phi) is 8.67. The average molecular weight is 544 g/mol. The van der Waals surface area contributed by atoms with Crippen molar-refractivity contribution in [2.45, 2.75) is 26.1 Å². The van der Waals surface area contributed by atoms with Crippen LogP contribution in [0, 0.1) is 6.92 Å². The highest BCUT2D eigenvalue weighted by Gasteiger charge is 2.35. The van der Waals surface area contributed by atoms with Crippen molar-refractivity contribution in [2.75, 3.05) is 19.0 Å². The molecule has 1 aromatic heterocycles. The third-order valence-electron chi connectivity index (χ3n) is 5.60. The van der Waals surface area contributed by atoms with E-state index >= 15 is 0 Å². The Balaban J connectivity index is 1.96. The number of primary amides is 1. The molecule has 6 nitrogen and oxygen atoms in total. The molecule has 0 saturated carbocycles. The van der Waals surface area contributed by atoms with Crippen molar-refractivity contribution in [1.82, 2.24) is 4.90 Å². The minimum atomic E-state index is -4.56. The summed E-state index contributed by atoms with van der Waals surface area (Å²) in [7, 11) is 3.63. The standard InChI is InChI=1S/C28H28F3N3O3S/c1-6-34(22-12-11-19(15-17(22)2)23(35)13-14-33(4)5)25-16-24(26(38-25)27(32)36)37-18(3)20-9-7-8-10-21(20)28(29,30)31/h6-16,18H,1H2,2-5H3,(H2,32,36)/b14-13+/t18-/m1/s1. The predicted molar refractivity (Wildman–Crippen MR) is 144 cm³/mol. The second-order valence-corrected chi connectivity index (χ2v) is 9.72. The molecule has 0 bridgehead atoms. The summed E-state index contributed by atoms with van der Waals surface area (Å²) in [5.74, 6) is -0.872. The number of carbonyl (C=O) groups excluding carboxylic acids is 2. The fraction of sp³-hybridized carbons (Fsp3) is 0.214. The Labute approximate surface area is 223 Å². The molecule has 0 aliphatic heterocycles. The van der Waals surface area contributed by atoms with Crippen molar-refractivity contribution in [2.24, 2.45) is 5.73 Å². The summed E-state index contributed by atoms with van der Waals surface area (Å²) in [5.41, 5.74) is 6.64. The van der Waals surface area contributed by atoms with Crippen LogP contribution in [0.2, 0.25) is 0 Å². The second-order valence-electron chi connectivity index (χ2n) is 8.68. The largest absolute Gasteiger partial charge is 0.484 e. The first kappa shape index (κ1) is 28.5. The summed E-state index contributed by atoms with van der Waals surface area (Å²) in [6.45, 7) is 7.16. The second kappa shape index (κ2) is 11.6. The van der Waals surface area contributed by atoms with Crippen LogP contribution in [0.1, 0.15) is 49.7 Å². The fourth-order valence-electron chi connectivity index (χ4n) is 3.80. The van der Waals surface area contributed by atoms with Gasteiger partial charge in [0.15, 0.2) is 5.78 Å². The molecule has 0 aliphatic rings. The zero-order valence-electron chi connectivity index (χ0n) is 21.4. The van der Waals surface area contributed by atoms with Gasteiger partial charge in [-0.2, -0.15) is 13.2 Å². The van der Waals surface area contributed by atoms with E-state index in [1.807, 2.05) is 21.0 Å². The van der Waals surface area contributed by atoms with Gasteiger partial charge in [-0.25, -0.2) is 0 Å². The van der Waals surface area contributed by atoms with Crippen molar-refractivity contribution in [3.05, 3.63) is 101 Å². The number of anilines is 2. The van der Waals surface area contributed by atoms with Crippen LogP contribution >= 0.6 is 11.3 Å². The first-order valence-electron chi connectivity index (χ1n) is 11.5. The number of benzene rings is 2. The molecule has 2 N–H and O–H groups in total. The minimum absolute atomic E-state index is 0.0569. The van der Waals surface area contributed by atoms with Crippen molar-refractivity contribution in [3.63, 3.8) is 0 Å². The Hall–Kier alpha value is -4.05. The van der Waals surface area contributed by atoms with Crippen LogP contribution in [-0.4, -0.2) is 30.7 Å². The molecule has 3 aromatic rings. The number of amides is 1. The van der Waals surface area contributed by atoms with Gasteiger partial charge in [0, 0.05) is 55.5 Å². The van der Waals surface area contributed by atoms with Crippen LogP contribution in [0.4, 0.5) is 23.9 Å². The number of ketones is 1. The molecule has 0 aliphatic carbocycles. The number of nitrogens with zero attached hydrogens (tertiary/aromatic N) is 2. The fourth-order valence-corrected chi connectivity index (χ4v) is 4.76. The Morgan fingerprint density at radius 2 is 1.82 bits per heavy atom. The zero-order valence-corrected chi connectivity index (χ0v) is 22.2. The number of hydrogen-bond acceptors (Lipinski definition) is 6. The smallest absolute Gasteiger partial charge is 0.416 e. The first-order valence-corrected chi connectivity index (χ1v) is 12.3. The average Bonchev–Trinajstić information content (AvgIpc) is 3.27. The SMILES string of the molecule is C=CN(c1cc(O[C@H](C)c2ccccc2C(F)(F)F)c(C(N)=O)s1)c1ccc(C(=O)/C=C/N(C)C)cc1C. The monoisotopic (exact) mass is 543 g/mol. The summed E-state index contributed by atoms with van der Waals surface area (Å²) < 4.78 is 46.4. The molecule has 0 unspecified atom stereocenters. The molecule has 200 valence electrons. The normalized spacial score (nSPS) is 12.3. The van der Waals surface area contributed by atoms with E-state index < -0.39 is 23.8 Å². The third-order valence-corrected chi connectivity index (χ3v) is 6.73. The van der Waals surface area contributed by atoms with E-state index in [1.165, 1.54) is 43.5 Å². The Morgan fingerprint density at radius 1 is 1.13 bits per heavy atom. The summed E-state index contributed by atoms with van der Waals surface area (Å²) in [5, 5.41) is 0.509. The number of ether oxygens (including phenoxy) is 1. The maximum absolute atomic E-state index is 13.5. The van der Waals surface area contributed by atoms with E-state index in [4.69, 9.17) is 10.5 Å². The predicted octanol–water partition coefficient (Wildman–Crippen LogP) is 6.85. The Morgan fingerprint density at radius 3 is 2.39 bits per heavy atom. The van der Waals surface area contributed by atoms with E-state index in [-0.39, 0.29) is 22.0 Å². The van der Waals surface area contributed by atoms with Gasteiger partial charge in [0.1, 0.15) is 21.7 Å². The lowest BCUT2D eigenvalue weighted by Crippen LogP contribution is -2.15. The number of alkyl halides is 3. The number of halogens is 3. The summed E-state index contributed by atoms with van der Waals surface area (Å²) in [6.07, 6.45) is -0.923. The highest BCUT2D eigenvalue weighted by molar-refractivity contribution is 7.18. The number of allylic oxidation sites excluding steroid dienone is 1. The molecule has 0 fully saturated rings. The number of rotatable bonds is 10. The highest BCUT2D eigenvalue weighted by Crippen LogP contribution is 2.42. The van der Waals surface area contributed by atoms with Crippen LogP contribution in [0.15, 0.2) is 73.6 Å². The number of nitrogens with two attached hydrogens (primary N) is 1. The minimum Gasteiger partial charge on any atom is -0.484 e. The zero-order chi connectivity index (χ0) is 28.2. The molecule has 0 saturated heterocycles. The van der Waals surface area contributed by atoms with E-state index in [9.17, 15) is 22.8 Å². The lowest BCUT2D eigenvalue weighted by atomic mass is 10.0. The molecule has 0 radical (unpaired) electrons. The van der Waals surface area contributed by atoms with Crippen LogP contribution in [0.3, 0.4) is 0 Å². The summed E-state index contributed by atoms with van der Waals surface area (Å²) >= 11 is 1.02. The van der Waals surface area contributed by atoms with Gasteiger partial charge in [0.05, 0.1) is 5.56 Å². The van der Waals surface area contributed by atoms with E-state index in [2.05, 4.69) is 6.58 Å². The van der Waals surface area contributed by atoms with Gasteiger partial charge in [-0.15, -0.1) is 11.3 Å². The van der Waals surface area contributed by atoms with Crippen molar-refractivity contribution in [3.8, 4) is 5.75 Å². The van der Waals surface area contributed by atoms with Gasteiger partial charge < -0.3 is 20.3 Å². The number of thiophene rings is 1. The number of hydrogen-bond donors (Lipinski definition) is 1. The molecular formula is C28H28F3N3O3S. The quantitative estimate of drug-likeness (QED) is 0.224. The van der Waals surface area contributed by atoms with Crippen LogP contribution in [0.25, 0.3) is 0 Å². The van der Waals surface area contributed by atoms with Crippen molar-refractivity contribution < 1.29 is 27.5 Å². The molecule has 1 atom stereocenters. The van der Waals surface area contributed by atoms with Gasteiger partial charge in [0.25, 0.3) is 5.91 Å². The van der Waals surface area contributed by atoms with E-state index in [0.717, 1.165) is 23.0 Å². The molecule has 10 heteroatoms. The summed E-state index contributed by atoms with van der Waals surface area (Å²) in [4.78, 5) is 28.2. The Bertz CT molecular complexity index is 1380. The summed E-state index contributed by atoms with van der Waals surface area (Å²) in [6, 6.07) is 11.8. The highest BCUT2D eigenvalue weighted by atomic mass is 32.1. The molecule has 1 amide bonds. The van der Waals surface area contributed by atoms with Gasteiger partial charge in [0.2, 0.25) is 0 Å². The lowest BCUT2D eigenvalue weighted by molar-refractivity contribution is -0.139. The molecule has 3 rings (SSSR count). The van der Waals surface area contributed by atoms with Crippen LogP contribution in [0.5, 0.6) is 5.75 Å². The molecule has 38 heavy (non-hydrogen) atoms. The number of carbonyl (C=O) groups is 2. The van der Waals surface area contributed by atoms with Gasteiger partial charge in [-0.1, -0.05) is 24.8 Å². The third kappa shape index (κ3) is 6.44. The lowest BCUT2D eigenvalue weighted by Gasteiger charge is -2.21. The van der Waals surface area contributed by atoms with Gasteiger partial charge >= 0.3 is 6.18 Å². The molecule has 0 spiro atoms. The maximum Gasteiger partial charge on any atom is 0.416 e. The van der Waals surface area contributed by atoms with Crippen LogP contribution < -0.4 is 15.4 Å². The first-order chi connectivity index (χ1) is 17.8. The van der Waals surface area contributed by atoms with Crippen LogP contribution in [-0.2, 0) is 6.18 Å². The van der Waals surface area contributed by atoms with Crippen molar-refractivity contribution in [1.29, 1.82) is 0 Å².